The van der Waals surface area contributed by atoms with Gasteiger partial charge < -0.3 is 24.5 Å². The van der Waals surface area contributed by atoms with E-state index in [4.69, 9.17) is 26.0 Å². The van der Waals surface area contributed by atoms with Crippen molar-refractivity contribution in [1.29, 1.82) is 0 Å². The van der Waals surface area contributed by atoms with E-state index in [-0.39, 0.29) is 11.8 Å². The summed E-state index contributed by atoms with van der Waals surface area (Å²) < 4.78 is 8.09. The molecule has 1 amide bonds. The van der Waals surface area contributed by atoms with Crippen LogP contribution in [-0.2, 0) is 31.4 Å². The quantitative estimate of drug-likeness (QED) is 0.181. The molecule has 0 bridgehead atoms. The van der Waals surface area contributed by atoms with E-state index >= 15 is 0 Å². The number of likely N-dealkylation sites (tertiary alicyclic amines) is 1. The topological polar surface area (TPSA) is 150 Å². The molecule has 13 heteroatoms. The van der Waals surface area contributed by atoms with Crippen LogP contribution >= 0.6 is 11.6 Å². The van der Waals surface area contributed by atoms with Crippen LogP contribution in [0.1, 0.15) is 52.0 Å². The van der Waals surface area contributed by atoms with Crippen molar-refractivity contribution < 1.29 is 24.2 Å². The SMILES string of the molecule is Cc1c(NC(=O)c2nc3c(n2C)CCN(C[C@H](C)O)C3)cncc1-c1cccc(-c2nc3cc(CN4CC[C@@H](C(=O)O)C4)cc(Cl)c3o2)c1C. The van der Waals surface area contributed by atoms with Gasteiger partial charge in [0.2, 0.25) is 5.89 Å². The van der Waals surface area contributed by atoms with Gasteiger partial charge in [0.25, 0.3) is 5.91 Å². The van der Waals surface area contributed by atoms with E-state index in [0.717, 1.165) is 64.3 Å². The number of imidazole rings is 1. The van der Waals surface area contributed by atoms with Crippen LogP contribution in [0.15, 0.2) is 47.1 Å². The molecule has 12 nitrogen and oxygen atoms in total. The largest absolute Gasteiger partial charge is 0.481 e. The minimum absolute atomic E-state index is 0.314. The van der Waals surface area contributed by atoms with Crippen LogP contribution in [0, 0.1) is 19.8 Å². The number of rotatable bonds is 9. The maximum atomic E-state index is 13.6. The Morgan fingerprint density at radius 1 is 1.08 bits per heavy atom. The lowest BCUT2D eigenvalue weighted by Crippen LogP contribution is -2.36. The van der Waals surface area contributed by atoms with E-state index in [1.165, 1.54) is 0 Å². The number of carboxylic acid groups (broad SMARTS) is 1. The molecule has 0 saturated carbocycles. The second-order valence-electron chi connectivity index (χ2n) is 13.5. The van der Waals surface area contributed by atoms with Gasteiger partial charge in [-0.25, -0.2) is 9.97 Å². The number of carbonyl (C=O) groups is 2. The first kappa shape index (κ1) is 33.9. The summed E-state index contributed by atoms with van der Waals surface area (Å²) in [6, 6.07) is 9.71. The van der Waals surface area contributed by atoms with Gasteiger partial charge in [0, 0.05) is 69.2 Å². The highest BCUT2D eigenvalue weighted by molar-refractivity contribution is 6.34. The van der Waals surface area contributed by atoms with E-state index in [1.54, 1.807) is 19.3 Å². The summed E-state index contributed by atoms with van der Waals surface area (Å²) in [4.78, 5) is 43.2. The summed E-state index contributed by atoms with van der Waals surface area (Å²) in [5.74, 6) is -0.650. The first-order valence-electron chi connectivity index (χ1n) is 16.8. The van der Waals surface area contributed by atoms with Crippen LogP contribution in [-0.4, -0.2) is 83.7 Å². The Morgan fingerprint density at radius 2 is 1.88 bits per heavy atom. The van der Waals surface area contributed by atoms with Crippen LogP contribution in [0.3, 0.4) is 0 Å². The fourth-order valence-electron chi connectivity index (χ4n) is 7.26. The summed E-state index contributed by atoms with van der Waals surface area (Å²) in [5.41, 5.74) is 8.92. The Hall–Kier alpha value is -4.62. The number of hydrogen-bond donors (Lipinski definition) is 3. The van der Waals surface area contributed by atoms with E-state index in [1.807, 2.05) is 55.8 Å². The maximum absolute atomic E-state index is 13.6. The highest BCUT2D eigenvalue weighted by Gasteiger charge is 2.29. The summed E-state index contributed by atoms with van der Waals surface area (Å²) in [5, 5.41) is 22.7. The van der Waals surface area contributed by atoms with E-state index in [2.05, 4.69) is 20.1 Å². The number of carbonyl (C=O) groups excluding carboxylic acids is 1. The first-order chi connectivity index (χ1) is 24.0. The molecule has 0 unspecified atom stereocenters. The van der Waals surface area contributed by atoms with Gasteiger partial charge in [-0.1, -0.05) is 23.7 Å². The van der Waals surface area contributed by atoms with Gasteiger partial charge >= 0.3 is 5.97 Å². The number of aromatic nitrogens is 4. The number of aliphatic carboxylic acids is 1. The molecule has 2 aliphatic rings. The third kappa shape index (κ3) is 6.51. The van der Waals surface area contributed by atoms with Gasteiger partial charge in [-0.15, -0.1) is 0 Å². The number of fused-ring (bicyclic) bond motifs is 2. The van der Waals surface area contributed by atoms with Crippen molar-refractivity contribution in [2.24, 2.45) is 13.0 Å². The van der Waals surface area contributed by atoms with Crippen molar-refractivity contribution >= 4 is 40.3 Å². The zero-order valence-corrected chi connectivity index (χ0v) is 29.3. The molecular formula is C37H40ClN7O5. The zero-order valence-electron chi connectivity index (χ0n) is 28.5. The van der Waals surface area contributed by atoms with Crippen molar-refractivity contribution in [2.75, 3.05) is 31.5 Å². The highest BCUT2D eigenvalue weighted by atomic mass is 35.5. The number of pyridine rings is 1. The molecule has 2 aromatic carbocycles. The predicted octanol–water partition coefficient (Wildman–Crippen LogP) is 5.46. The lowest BCUT2D eigenvalue weighted by molar-refractivity contribution is -0.141. The molecule has 1 saturated heterocycles. The number of oxazole rings is 1. The van der Waals surface area contributed by atoms with Crippen LogP contribution in [0.5, 0.6) is 0 Å². The number of aliphatic hydroxyl groups is 1. The molecule has 5 aromatic rings. The number of nitrogens with zero attached hydrogens (tertiary/aromatic N) is 6. The average molecular weight is 698 g/mol. The minimum Gasteiger partial charge on any atom is -0.481 e. The van der Waals surface area contributed by atoms with Crippen molar-refractivity contribution in [3.8, 4) is 22.6 Å². The summed E-state index contributed by atoms with van der Waals surface area (Å²) in [7, 11) is 1.87. The van der Waals surface area contributed by atoms with Gasteiger partial charge in [0.1, 0.15) is 5.52 Å². The lowest BCUT2D eigenvalue weighted by atomic mass is 9.94. The number of carboxylic acids is 1. The Kier molecular flexibility index (Phi) is 9.21. The molecule has 2 atom stereocenters. The molecule has 0 spiro atoms. The molecule has 3 N–H and O–H groups in total. The standard InChI is InChI=1S/C37H40ClN7O5/c1-20(46)16-44-11-9-32-31(19-44)40-34(43(32)4)35(47)41-30-15-39-14-27(22(30)3)25-6-5-7-26(21(25)2)36-42-29-13-23(12-28(38)33(29)50-36)17-45-10-8-24(18-45)37(48)49/h5-7,12-15,20,24,46H,8-11,16-19H2,1-4H3,(H,41,47)(H,48,49)/t20-,24+/m0/s1. The highest BCUT2D eigenvalue weighted by Crippen LogP contribution is 2.37. The van der Waals surface area contributed by atoms with Gasteiger partial charge in [-0.2, -0.15) is 0 Å². The first-order valence-corrected chi connectivity index (χ1v) is 17.2. The fraction of sp³-hybridized carbons (Fsp3) is 0.378. The molecule has 7 rings (SSSR count). The Morgan fingerprint density at radius 3 is 2.64 bits per heavy atom. The number of aliphatic hydroxyl groups excluding tert-OH is 1. The Balaban J connectivity index is 1.13. The number of anilines is 1. The number of amides is 1. The molecule has 0 aliphatic carbocycles. The normalized spacial score (nSPS) is 17.3. The Bertz CT molecular complexity index is 2120. The second kappa shape index (κ2) is 13.6. The van der Waals surface area contributed by atoms with E-state index in [9.17, 15) is 19.8 Å². The molecule has 5 heterocycles. The van der Waals surface area contributed by atoms with Crippen molar-refractivity contribution in [3.63, 3.8) is 0 Å². The smallest absolute Gasteiger partial charge is 0.307 e. The number of halogens is 1. The van der Waals surface area contributed by atoms with Crippen LogP contribution < -0.4 is 5.32 Å². The predicted molar refractivity (Wildman–Crippen MR) is 190 cm³/mol. The van der Waals surface area contributed by atoms with Gasteiger partial charge in [-0.3, -0.25) is 24.4 Å². The number of hydrogen-bond acceptors (Lipinski definition) is 9. The number of nitrogens with one attached hydrogen (secondary N) is 1. The third-order valence-electron chi connectivity index (χ3n) is 9.91. The maximum Gasteiger partial charge on any atom is 0.307 e. The number of β-amino-alcohol motifs (C(OH)–C–C–N with tert-alkyl or cyclic N) is 1. The lowest BCUT2D eigenvalue weighted by Gasteiger charge is -2.27. The zero-order chi connectivity index (χ0) is 35.3. The van der Waals surface area contributed by atoms with Gasteiger partial charge in [0.05, 0.1) is 34.6 Å². The monoisotopic (exact) mass is 697 g/mol. The van der Waals surface area contributed by atoms with Crippen LogP contribution in [0.4, 0.5) is 5.69 Å². The average Bonchev–Trinajstić information content (AvgIpc) is 3.80. The minimum atomic E-state index is -0.757. The summed E-state index contributed by atoms with van der Waals surface area (Å²) >= 11 is 6.68. The molecule has 50 heavy (non-hydrogen) atoms. The van der Waals surface area contributed by atoms with E-state index in [0.29, 0.717) is 66.1 Å². The van der Waals surface area contributed by atoms with Crippen molar-refractivity contribution in [2.45, 2.75) is 52.8 Å². The van der Waals surface area contributed by atoms with E-state index < -0.39 is 12.1 Å². The van der Waals surface area contributed by atoms with Crippen molar-refractivity contribution in [1.82, 2.24) is 29.3 Å². The van der Waals surface area contributed by atoms with Crippen molar-refractivity contribution in [3.05, 3.63) is 81.7 Å². The molecule has 3 aromatic heterocycles. The van der Waals surface area contributed by atoms with Gasteiger partial charge in [0.15, 0.2) is 11.4 Å². The Labute approximate surface area is 294 Å². The molecule has 260 valence electrons. The third-order valence-corrected chi connectivity index (χ3v) is 10.2. The molecule has 2 aliphatic heterocycles. The van der Waals surface area contributed by atoms with Crippen LogP contribution in [0.2, 0.25) is 5.02 Å². The molecule has 1 fully saturated rings. The summed E-state index contributed by atoms with van der Waals surface area (Å²) in [6.45, 7) is 9.50. The second-order valence-corrected chi connectivity index (χ2v) is 13.9. The molecular weight excluding hydrogens is 658 g/mol. The molecule has 0 radical (unpaired) electrons. The van der Waals surface area contributed by atoms with Gasteiger partial charge in [-0.05, 0) is 74.2 Å². The van der Waals surface area contributed by atoms with Crippen LogP contribution in [0.25, 0.3) is 33.7 Å². The summed E-state index contributed by atoms with van der Waals surface area (Å²) in [6.07, 6.45) is 4.39. The number of benzene rings is 2. The fourth-order valence-corrected chi connectivity index (χ4v) is 7.54.